The number of nitrogens with zero attached hydrogens (tertiary/aromatic N) is 3. The van der Waals surface area contributed by atoms with E-state index >= 15 is 4.79 Å². The molecule has 3 aliphatic rings. The van der Waals surface area contributed by atoms with Gasteiger partial charge < -0.3 is 15.3 Å². The van der Waals surface area contributed by atoms with E-state index in [1.165, 1.54) is 0 Å². The van der Waals surface area contributed by atoms with E-state index in [1.54, 1.807) is 13.8 Å². The van der Waals surface area contributed by atoms with E-state index in [0.717, 1.165) is 37.8 Å². The highest BCUT2D eigenvalue weighted by atomic mass is 35.5. The van der Waals surface area contributed by atoms with Gasteiger partial charge in [-0.3, -0.25) is 19.0 Å². The Kier molecular flexibility index (Phi) is 10.6. The molecule has 0 spiro atoms. The Morgan fingerprint density at radius 2 is 1.64 bits per heavy atom. The Bertz CT molecular complexity index is 1190. The van der Waals surface area contributed by atoms with Crippen LogP contribution in [0.4, 0.5) is 0 Å². The molecular formula is C35H56ClN4O4+. The van der Waals surface area contributed by atoms with Crippen LogP contribution >= 0.6 is 11.6 Å². The standard InChI is InChI=1S/C35H55ClN4O4/c1-9-37-31(42)30-18-27(39(33(44)35(6,7)22-41)26-16-10-23(2)11-17-26)21-40(30,8)32(43)29-20-38(34(3,4)5)19-28(29)24-12-14-25(36)15-13-24/h12-15,23,26-30,41H,9-11,16-22H2,1-8H3/p+1/t23?,26?,27-,28-,29+,30-,40?/m0/s1. The second kappa shape index (κ2) is 13.4. The maximum absolute atomic E-state index is 15.0. The molecule has 5 atom stereocenters. The quantitative estimate of drug-likeness (QED) is 0.401. The Hall–Kier alpha value is -2.00. The van der Waals surface area contributed by atoms with Crippen LogP contribution in [0.2, 0.25) is 5.02 Å². The summed E-state index contributed by atoms with van der Waals surface area (Å²) in [6.07, 6.45) is 4.30. The normalized spacial score (nSPS) is 31.6. The number of benzene rings is 1. The summed E-state index contributed by atoms with van der Waals surface area (Å²) in [4.78, 5) is 47.3. The van der Waals surface area contributed by atoms with E-state index < -0.39 is 11.5 Å². The molecule has 44 heavy (non-hydrogen) atoms. The molecule has 4 rings (SSSR count). The van der Waals surface area contributed by atoms with Gasteiger partial charge in [0.1, 0.15) is 6.54 Å². The number of carbonyl (C=O) groups is 3. The van der Waals surface area contributed by atoms with Gasteiger partial charge in [0.15, 0.2) is 6.04 Å². The molecular weight excluding hydrogens is 576 g/mol. The number of nitrogens with one attached hydrogen (secondary N) is 1. The molecule has 0 radical (unpaired) electrons. The molecule has 3 fully saturated rings. The van der Waals surface area contributed by atoms with Crippen molar-refractivity contribution < 1.29 is 24.0 Å². The van der Waals surface area contributed by atoms with Gasteiger partial charge >= 0.3 is 5.91 Å². The third kappa shape index (κ3) is 7.03. The van der Waals surface area contributed by atoms with Crippen molar-refractivity contribution in [1.82, 2.24) is 15.1 Å². The molecule has 0 bridgehead atoms. The molecule has 2 N–H and O–H groups in total. The summed E-state index contributed by atoms with van der Waals surface area (Å²) in [5.74, 6) is 0.103. The highest BCUT2D eigenvalue weighted by Gasteiger charge is 2.59. The topological polar surface area (TPSA) is 90.0 Å². The maximum atomic E-state index is 15.0. The van der Waals surface area contributed by atoms with Gasteiger partial charge in [-0.2, -0.15) is 0 Å². The summed E-state index contributed by atoms with van der Waals surface area (Å²) in [6, 6.07) is 6.98. The van der Waals surface area contributed by atoms with Gasteiger partial charge in [-0.1, -0.05) is 30.7 Å². The Labute approximate surface area is 270 Å². The number of amides is 3. The molecule has 1 saturated carbocycles. The first-order valence-corrected chi connectivity index (χ1v) is 17.0. The van der Waals surface area contributed by atoms with Gasteiger partial charge in [0.05, 0.1) is 31.0 Å². The molecule has 3 amide bonds. The minimum absolute atomic E-state index is 0.0320. The lowest BCUT2D eigenvalue weighted by molar-refractivity contribution is -0.840. The third-order valence-corrected chi connectivity index (χ3v) is 11.0. The smallest absolute Gasteiger partial charge is 0.319 e. The van der Waals surface area contributed by atoms with Crippen LogP contribution in [0, 0.1) is 17.3 Å². The number of quaternary nitrogens is 1. The van der Waals surface area contributed by atoms with Crippen molar-refractivity contribution in [3.05, 3.63) is 34.9 Å². The van der Waals surface area contributed by atoms with E-state index in [0.29, 0.717) is 37.0 Å². The fourth-order valence-corrected chi connectivity index (χ4v) is 7.95. The number of rotatable bonds is 8. The molecule has 9 heteroatoms. The third-order valence-electron chi connectivity index (χ3n) is 10.8. The number of halogens is 1. The Morgan fingerprint density at radius 3 is 2.18 bits per heavy atom. The summed E-state index contributed by atoms with van der Waals surface area (Å²) < 4.78 is -0.0320. The second-order valence-corrected chi connectivity index (χ2v) is 16.0. The fraction of sp³-hybridized carbons (Fsp3) is 0.743. The van der Waals surface area contributed by atoms with E-state index in [9.17, 15) is 14.7 Å². The first-order valence-electron chi connectivity index (χ1n) is 16.6. The monoisotopic (exact) mass is 631 g/mol. The van der Waals surface area contributed by atoms with E-state index in [-0.39, 0.29) is 58.3 Å². The number of hydrogen-bond donors (Lipinski definition) is 2. The van der Waals surface area contributed by atoms with Crippen molar-refractivity contribution in [2.24, 2.45) is 17.3 Å². The molecule has 1 aliphatic carbocycles. The first kappa shape index (κ1) is 34.9. The fourth-order valence-electron chi connectivity index (χ4n) is 7.83. The molecule has 1 aromatic carbocycles. The van der Waals surface area contributed by atoms with Crippen LogP contribution in [0.5, 0.6) is 0 Å². The minimum Gasteiger partial charge on any atom is -0.395 e. The highest BCUT2D eigenvalue weighted by molar-refractivity contribution is 6.30. The van der Waals surface area contributed by atoms with Crippen molar-refractivity contribution in [3.63, 3.8) is 0 Å². The first-order chi connectivity index (χ1) is 20.5. The number of likely N-dealkylation sites (N-methyl/N-ethyl adjacent to an activating group) is 2. The predicted octanol–water partition coefficient (Wildman–Crippen LogP) is 4.83. The summed E-state index contributed by atoms with van der Waals surface area (Å²) in [6.45, 7) is 16.2. The van der Waals surface area contributed by atoms with Crippen LogP contribution in [-0.2, 0) is 14.4 Å². The number of aliphatic hydroxyl groups excluding tert-OH is 1. The van der Waals surface area contributed by atoms with Crippen molar-refractivity contribution in [2.75, 3.05) is 39.8 Å². The molecule has 1 aromatic rings. The zero-order valence-electron chi connectivity index (χ0n) is 28.2. The van der Waals surface area contributed by atoms with Gasteiger partial charge in [0.2, 0.25) is 5.91 Å². The molecule has 2 heterocycles. The van der Waals surface area contributed by atoms with Crippen molar-refractivity contribution in [2.45, 2.75) is 110 Å². The van der Waals surface area contributed by atoms with Gasteiger partial charge in [-0.15, -0.1) is 0 Å². The van der Waals surface area contributed by atoms with E-state index in [4.69, 9.17) is 11.6 Å². The summed E-state index contributed by atoms with van der Waals surface area (Å²) in [5.41, 5.74) is 0.00915. The van der Waals surface area contributed by atoms with Gasteiger partial charge in [0.25, 0.3) is 5.91 Å². The lowest BCUT2D eigenvalue weighted by Gasteiger charge is -2.43. The van der Waals surface area contributed by atoms with Crippen LogP contribution in [0.1, 0.15) is 92.1 Å². The van der Waals surface area contributed by atoms with Gasteiger partial charge in [-0.05, 0) is 90.8 Å². The lowest BCUT2D eigenvalue weighted by atomic mass is 9.83. The van der Waals surface area contributed by atoms with Crippen molar-refractivity contribution >= 4 is 29.3 Å². The van der Waals surface area contributed by atoms with Gasteiger partial charge in [0, 0.05) is 48.6 Å². The molecule has 1 unspecified atom stereocenters. The van der Waals surface area contributed by atoms with Gasteiger partial charge in [-0.25, -0.2) is 4.79 Å². The van der Waals surface area contributed by atoms with Crippen LogP contribution in [0.3, 0.4) is 0 Å². The SMILES string of the molecule is CCNC(=O)[C@@H]1C[C@H](N(C(=O)C(C)(C)CO)C2CCC(C)CC2)C[N+]1(C)C(=O)[C@@H]1CN(C(C)(C)C)C[C@H]1c1ccc(Cl)cc1. The van der Waals surface area contributed by atoms with Crippen LogP contribution in [-0.4, -0.2) is 101 Å². The lowest BCUT2D eigenvalue weighted by Crippen LogP contribution is -2.61. The number of hydrogen-bond acceptors (Lipinski definition) is 5. The number of likely N-dealkylation sites (tertiary alicyclic amines) is 2. The number of aliphatic hydroxyl groups is 1. The molecule has 0 aromatic heterocycles. The van der Waals surface area contributed by atoms with Crippen molar-refractivity contribution in [3.8, 4) is 0 Å². The Balaban J connectivity index is 1.74. The second-order valence-electron chi connectivity index (χ2n) is 15.6. The van der Waals surface area contributed by atoms with Crippen LogP contribution in [0.15, 0.2) is 24.3 Å². The van der Waals surface area contributed by atoms with E-state index in [2.05, 4.69) is 37.9 Å². The molecule has 8 nitrogen and oxygen atoms in total. The minimum atomic E-state index is -0.946. The highest BCUT2D eigenvalue weighted by Crippen LogP contribution is 2.43. The predicted molar refractivity (Wildman–Crippen MR) is 175 cm³/mol. The van der Waals surface area contributed by atoms with Crippen LogP contribution in [0.25, 0.3) is 0 Å². The molecule has 2 aliphatic heterocycles. The zero-order valence-corrected chi connectivity index (χ0v) is 29.0. The largest absolute Gasteiger partial charge is 0.395 e. The number of carbonyl (C=O) groups excluding carboxylic acids is 3. The maximum Gasteiger partial charge on any atom is 0.319 e. The molecule has 246 valence electrons. The zero-order chi connectivity index (χ0) is 32.6. The summed E-state index contributed by atoms with van der Waals surface area (Å²) >= 11 is 6.24. The van der Waals surface area contributed by atoms with Crippen molar-refractivity contribution in [1.29, 1.82) is 0 Å². The summed E-state index contributed by atoms with van der Waals surface area (Å²) in [7, 11) is 1.92. The summed E-state index contributed by atoms with van der Waals surface area (Å²) in [5, 5.41) is 13.9. The molecule has 2 saturated heterocycles. The van der Waals surface area contributed by atoms with Crippen LogP contribution < -0.4 is 5.32 Å². The Morgan fingerprint density at radius 1 is 1.02 bits per heavy atom. The average molecular weight is 632 g/mol. The average Bonchev–Trinajstić information content (AvgIpc) is 3.57. The van der Waals surface area contributed by atoms with E-state index in [1.807, 2.05) is 43.1 Å².